The maximum absolute atomic E-state index is 13.0. The lowest BCUT2D eigenvalue weighted by Crippen LogP contribution is -2.48. The second-order valence-corrected chi connectivity index (χ2v) is 8.83. The summed E-state index contributed by atoms with van der Waals surface area (Å²) in [4.78, 5) is 12.4. The molecule has 0 spiro atoms. The van der Waals surface area contributed by atoms with E-state index in [0.717, 1.165) is 5.56 Å². The molecule has 0 unspecified atom stereocenters. The van der Waals surface area contributed by atoms with Crippen molar-refractivity contribution in [1.82, 2.24) is 9.21 Å². The molecule has 1 aliphatic rings. The molecule has 2 aromatic rings. The summed E-state index contributed by atoms with van der Waals surface area (Å²) in [5, 5.41) is 11.2. The van der Waals surface area contributed by atoms with Crippen LogP contribution in [0, 0.1) is 10.1 Å². The topological polar surface area (TPSA) is 111 Å². The molecule has 31 heavy (non-hydrogen) atoms. The van der Waals surface area contributed by atoms with Gasteiger partial charge in [-0.05, 0) is 12.1 Å². The maximum Gasteiger partial charge on any atom is 0.289 e. The molecule has 10 nitrogen and oxygen atoms in total. The molecule has 2 aromatic carbocycles. The highest BCUT2D eigenvalue weighted by Gasteiger charge is 2.33. The summed E-state index contributed by atoms with van der Waals surface area (Å²) in [6, 6.07) is 9.00. The molecular formula is C20H25N3O7S. The molecule has 168 valence electrons. The van der Waals surface area contributed by atoms with E-state index < -0.39 is 20.6 Å². The minimum atomic E-state index is -3.96. The molecule has 11 heteroatoms. The van der Waals surface area contributed by atoms with E-state index in [4.69, 9.17) is 14.2 Å². The summed E-state index contributed by atoms with van der Waals surface area (Å²) in [5.41, 5.74) is 0.468. The van der Waals surface area contributed by atoms with Gasteiger partial charge in [0, 0.05) is 50.4 Å². The van der Waals surface area contributed by atoms with Crippen LogP contribution in [0.4, 0.5) is 5.69 Å². The van der Waals surface area contributed by atoms with Gasteiger partial charge in [-0.3, -0.25) is 15.0 Å². The van der Waals surface area contributed by atoms with Crippen LogP contribution in [0.2, 0.25) is 0 Å². The molecule has 0 aliphatic carbocycles. The van der Waals surface area contributed by atoms with Crippen molar-refractivity contribution in [2.45, 2.75) is 11.4 Å². The highest BCUT2D eigenvalue weighted by Crippen LogP contribution is 2.35. The van der Waals surface area contributed by atoms with Gasteiger partial charge in [-0.25, -0.2) is 8.42 Å². The quantitative estimate of drug-likeness (QED) is 0.443. The van der Waals surface area contributed by atoms with Crippen LogP contribution in [0.5, 0.6) is 17.2 Å². The van der Waals surface area contributed by atoms with Crippen LogP contribution >= 0.6 is 0 Å². The summed E-state index contributed by atoms with van der Waals surface area (Å²) in [6.45, 7) is 1.92. The first kappa shape index (κ1) is 22.8. The molecule has 0 saturated carbocycles. The Balaban J connectivity index is 1.74. The molecule has 3 rings (SSSR count). The second-order valence-electron chi connectivity index (χ2n) is 6.92. The number of hydrogen-bond acceptors (Lipinski definition) is 8. The monoisotopic (exact) mass is 451 g/mol. The van der Waals surface area contributed by atoms with Crippen molar-refractivity contribution in [2.75, 3.05) is 47.5 Å². The van der Waals surface area contributed by atoms with E-state index in [0.29, 0.717) is 36.9 Å². The molecule has 1 saturated heterocycles. The molecule has 1 heterocycles. The Morgan fingerprint density at radius 3 is 2.10 bits per heavy atom. The van der Waals surface area contributed by atoms with Crippen LogP contribution in [0.25, 0.3) is 0 Å². The number of para-hydroxylation sites is 1. The summed E-state index contributed by atoms with van der Waals surface area (Å²) in [7, 11) is 0.714. The lowest BCUT2D eigenvalue weighted by atomic mass is 10.1. The van der Waals surface area contributed by atoms with Crippen LogP contribution in [0.15, 0.2) is 41.3 Å². The van der Waals surface area contributed by atoms with Crippen molar-refractivity contribution in [3.8, 4) is 17.2 Å². The first-order chi connectivity index (χ1) is 14.8. The smallest absolute Gasteiger partial charge is 0.289 e. The van der Waals surface area contributed by atoms with Crippen LogP contribution in [-0.4, -0.2) is 70.1 Å². The fourth-order valence-corrected chi connectivity index (χ4v) is 5.13. The lowest BCUT2D eigenvalue weighted by Gasteiger charge is -2.34. The predicted octanol–water partition coefficient (Wildman–Crippen LogP) is 2.13. The van der Waals surface area contributed by atoms with Crippen molar-refractivity contribution < 1.29 is 27.6 Å². The molecule has 0 atom stereocenters. The standard InChI is InChI=1S/C20H25N3O7S/c1-28-17-13-19(30-3)18(29-2)12-15(17)14-21-8-10-22(11-9-21)31(26,27)20-7-5-4-6-16(20)23(24)25/h4-7,12-13H,8-11,14H2,1-3H3. The van der Waals surface area contributed by atoms with E-state index >= 15 is 0 Å². The minimum absolute atomic E-state index is 0.226. The maximum atomic E-state index is 13.0. The zero-order valence-electron chi connectivity index (χ0n) is 17.6. The Hall–Kier alpha value is -2.89. The number of rotatable bonds is 8. The Morgan fingerprint density at radius 2 is 1.52 bits per heavy atom. The van der Waals surface area contributed by atoms with Crippen LogP contribution in [-0.2, 0) is 16.6 Å². The van der Waals surface area contributed by atoms with Crippen molar-refractivity contribution in [3.63, 3.8) is 0 Å². The van der Waals surface area contributed by atoms with Gasteiger partial charge in [0.05, 0.1) is 26.3 Å². The summed E-state index contributed by atoms with van der Waals surface area (Å²) < 4.78 is 43.4. The number of nitrogens with zero attached hydrogens (tertiary/aromatic N) is 3. The van der Waals surface area contributed by atoms with Gasteiger partial charge in [0.2, 0.25) is 10.0 Å². The number of hydrogen-bond donors (Lipinski definition) is 0. The number of ether oxygens (including phenoxy) is 3. The van der Waals surface area contributed by atoms with E-state index in [-0.39, 0.29) is 18.0 Å². The molecule has 1 aliphatic heterocycles. The van der Waals surface area contributed by atoms with Crippen LogP contribution < -0.4 is 14.2 Å². The number of nitro benzene ring substituents is 1. The van der Waals surface area contributed by atoms with Gasteiger partial charge in [-0.15, -0.1) is 0 Å². The number of nitro groups is 1. The van der Waals surface area contributed by atoms with Crippen molar-refractivity contribution in [1.29, 1.82) is 0 Å². The third-order valence-corrected chi connectivity index (χ3v) is 7.14. The first-order valence-electron chi connectivity index (χ1n) is 9.56. The van der Waals surface area contributed by atoms with Crippen LogP contribution in [0.3, 0.4) is 0 Å². The molecule has 0 amide bonds. The van der Waals surface area contributed by atoms with Crippen molar-refractivity contribution in [2.24, 2.45) is 0 Å². The normalized spacial score (nSPS) is 15.5. The van der Waals surface area contributed by atoms with Gasteiger partial charge >= 0.3 is 0 Å². The molecule has 0 radical (unpaired) electrons. The third kappa shape index (κ3) is 4.73. The average Bonchev–Trinajstić information content (AvgIpc) is 2.79. The van der Waals surface area contributed by atoms with Gasteiger partial charge in [0.25, 0.3) is 5.69 Å². The fourth-order valence-electron chi connectivity index (χ4n) is 3.55. The Morgan fingerprint density at radius 1 is 0.935 bits per heavy atom. The van der Waals surface area contributed by atoms with Crippen molar-refractivity contribution in [3.05, 3.63) is 52.1 Å². The Kier molecular flexibility index (Phi) is 6.98. The largest absolute Gasteiger partial charge is 0.496 e. The number of sulfonamides is 1. The molecular weight excluding hydrogens is 426 g/mol. The third-order valence-electron chi connectivity index (χ3n) is 5.19. The molecule has 0 bridgehead atoms. The van der Waals surface area contributed by atoms with Gasteiger partial charge in [-0.1, -0.05) is 12.1 Å². The second kappa shape index (κ2) is 9.50. The van der Waals surface area contributed by atoms with Crippen molar-refractivity contribution >= 4 is 15.7 Å². The van der Waals surface area contributed by atoms with E-state index in [1.165, 1.54) is 28.6 Å². The zero-order valence-corrected chi connectivity index (χ0v) is 18.4. The molecule has 0 aromatic heterocycles. The lowest BCUT2D eigenvalue weighted by molar-refractivity contribution is -0.387. The van der Waals surface area contributed by atoms with Gasteiger partial charge in [0.1, 0.15) is 5.75 Å². The molecule has 0 N–H and O–H groups in total. The Bertz CT molecular complexity index is 1050. The fraction of sp³-hybridized carbons (Fsp3) is 0.400. The summed E-state index contributed by atoms with van der Waals surface area (Å²) in [6.07, 6.45) is 0. The highest BCUT2D eigenvalue weighted by atomic mass is 32.2. The van der Waals surface area contributed by atoms with E-state index in [9.17, 15) is 18.5 Å². The Labute approximate surface area is 181 Å². The SMILES string of the molecule is COc1cc(OC)c(OC)cc1CN1CCN(S(=O)(=O)c2ccccc2[N+](=O)[O-])CC1. The van der Waals surface area contributed by atoms with Gasteiger partial charge in [-0.2, -0.15) is 4.31 Å². The molecule has 1 fully saturated rings. The highest BCUT2D eigenvalue weighted by molar-refractivity contribution is 7.89. The van der Waals surface area contributed by atoms with Gasteiger partial charge in [0.15, 0.2) is 16.4 Å². The average molecular weight is 452 g/mol. The summed E-state index contributed by atoms with van der Waals surface area (Å²) in [5.74, 6) is 1.78. The zero-order chi connectivity index (χ0) is 22.6. The van der Waals surface area contributed by atoms with Crippen LogP contribution in [0.1, 0.15) is 5.56 Å². The van der Waals surface area contributed by atoms with E-state index in [1.807, 2.05) is 6.07 Å². The predicted molar refractivity (Wildman–Crippen MR) is 113 cm³/mol. The summed E-state index contributed by atoms with van der Waals surface area (Å²) >= 11 is 0. The van der Waals surface area contributed by atoms with E-state index in [1.54, 1.807) is 27.4 Å². The minimum Gasteiger partial charge on any atom is -0.496 e. The number of piperazine rings is 1. The number of benzene rings is 2. The first-order valence-corrected chi connectivity index (χ1v) is 11.0. The number of methoxy groups -OCH3 is 3. The van der Waals surface area contributed by atoms with Gasteiger partial charge < -0.3 is 14.2 Å². The van der Waals surface area contributed by atoms with E-state index in [2.05, 4.69) is 4.90 Å².